The minimum Gasteiger partial charge on any atom is -0.482 e. The topological polar surface area (TPSA) is 90.4 Å². The van der Waals surface area contributed by atoms with Crippen LogP contribution in [0.15, 0.2) is 29.4 Å². The van der Waals surface area contributed by atoms with Crippen LogP contribution in [0.1, 0.15) is 37.4 Å². The summed E-state index contributed by atoms with van der Waals surface area (Å²) in [4.78, 5) is 8.88. The van der Waals surface area contributed by atoms with Crippen molar-refractivity contribution < 1.29 is 17.9 Å². The second kappa shape index (κ2) is 6.99. The van der Waals surface area contributed by atoms with Gasteiger partial charge in [-0.15, -0.1) is 0 Å². The van der Waals surface area contributed by atoms with E-state index in [1.54, 1.807) is 0 Å². The zero-order valence-corrected chi connectivity index (χ0v) is 16.3. The molecule has 1 aromatic heterocycles. The SMILES string of the molecule is CC(C)[C@H](Nc1ncnc2c1OCCO2)c1ccc2c(c1)S(=O)(=O)CCC2. The fraction of sp³-hybridized carbons (Fsp3) is 0.474. The van der Waals surface area contributed by atoms with Crippen molar-refractivity contribution in [1.82, 2.24) is 9.97 Å². The number of ether oxygens (including phenoxy) is 2. The quantitative estimate of drug-likeness (QED) is 0.860. The summed E-state index contributed by atoms with van der Waals surface area (Å²) in [5.41, 5.74) is 1.82. The van der Waals surface area contributed by atoms with E-state index in [1.807, 2.05) is 18.2 Å². The lowest BCUT2D eigenvalue weighted by molar-refractivity contribution is 0.164. The Bertz CT molecular complexity index is 959. The number of fused-ring (bicyclic) bond motifs is 2. The van der Waals surface area contributed by atoms with Crippen LogP contribution in [0.3, 0.4) is 0 Å². The number of aromatic nitrogens is 2. The first-order valence-corrected chi connectivity index (χ1v) is 10.8. The Morgan fingerprint density at radius 3 is 2.78 bits per heavy atom. The molecular weight excluding hydrogens is 366 g/mol. The number of sulfone groups is 1. The molecule has 0 spiro atoms. The van der Waals surface area contributed by atoms with Gasteiger partial charge in [0.2, 0.25) is 5.75 Å². The Labute approximate surface area is 159 Å². The van der Waals surface area contributed by atoms with E-state index in [-0.39, 0.29) is 17.7 Å². The molecule has 2 aliphatic heterocycles. The van der Waals surface area contributed by atoms with E-state index in [9.17, 15) is 8.42 Å². The highest BCUT2D eigenvalue weighted by Crippen LogP contribution is 2.38. The molecule has 1 aromatic carbocycles. The number of aryl methyl sites for hydroxylation is 1. The number of anilines is 1. The summed E-state index contributed by atoms with van der Waals surface area (Å²) >= 11 is 0. The summed E-state index contributed by atoms with van der Waals surface area (Å²) in [5, 5.41) is 3.41. The molecule has 0 radical (unpaired) electrons. The maximum absolute atomic E-state index is 12.5. The third kappa shape index (κ3) is 3.45. The third-order valence-electron chi connectivity index (χ3n) is 4.94. The van der Waals surface area contributed by atoms with Crippen LogP contribution < -0.4 is 14.8 Å². The van der Waals surface area contributed by atoms with Gasteiger partial charge < -0.3 is 14.8 Å². The van der Waals surface area contributed by atoms with Crippen LogP contribution in [-0.4, -0.2) is 37.4 Å². The summed E-state index contributed by atoms with van der Waals surface area (Å²) in [6.45, 7) is 5.06. The molecular formula is C19H23N3O4S. The van der Waals surface area contributed by atoms with Gasteiger partial charge in [-0.25, -0.2) is 13.4 Å². The average molecular weight is 389 g/mol. The zero-order chi connectivity index (χ0) is 19.0. The van der Waals surface area contributed by atoms with E-state index >= 15 is 0 Å². The zero-order valence-electron chi connectivity index (χ0n) is 15.4. The van der Waals surface area contributed by atoms with Crippen LogP contribution >= 0.6 is 0 Å². The summed E-state index contributed by atoms with van der Waals surface area (Å²) in [6.07, 6.45) is 2.93. The average Bonchev–Trinajstić information content (AvgIpc) is 2.66. The van der Waals surface area contributed by atoms with E-state index in [1.165, 1.54) is 6.33 Å². The lowest BCUT2D eigenvalue weighted by Crippen LogP contribution is -2.23. The number of benzene rings is 1. The largest absolute Gasteiger partial charge is 0.482 e. The number of hydrogen-bond donors (Lipinski definition) is 1. The van der Waals surface area contributed by atoms with Crippen molar-refractivity contribution in [2.24, 2.45) is 5.92 Å². The van der Waals surface area contributed by atoms with Gasteiger partial charge in [-0.2, -0.15) is 4.98 Å². The predicted octanol–water partition coefficient (Wildman–Crippen LogP) is 2.78. The molecule has 144 valence electrons. The number of rotatable bonds is 4. The monoisotopic (exact) mass is 389 g/mol. The molecule has 1 N–H and O–H groups in total. The van der Waals surface area contributed by atoms with Crippen LogP contribution in [0.5, 0.6) is 11.6 Å². The van der Waals surface area contributed by atoms with Gasteiger partial charge in [-0.05, 0) is 36.0 Å². The highest BCUT2D eigenvalue weighted by atomic mass is 32.2. The van der Waals surface area contributed by atoms with Crippen LogP contribution in [0.4, 0.5) is 5.82 Å². The first kappa shape index (κ1) is 18.0. The number of nitrogens with zero attached hydrogens (tertiary/aromatic N) is 2. The molecule has 0 aliphatic carbocycles. The first-order valence-electron chi connectivity index (χ1n) is 9.18. The molecule has 27 heavy (non-hydrogen) atoms. The van der Waals surface area contributed by atoms with Crippen LogP contribution in [0.2, 0.25) is 0 Å². The van der Waals surface area contributed by atoms with Gasteiger partial charge in [-0.3, -0.25) is 0 Å². The van der Waals surface area contributed by atoms with E-state index in [0.29, 0.717) is 42.0 Å². The van der Waals surface area contributed by atoms with Crippen LogP contribution in [0, 0.1) is 5.92 Å². The second-order valence-corrected chi connectivity index (χ2v) is 9.29. The van der Waals surface area contributed by atoms with Gasteiger partial charge in [0.05, 0.1) is 16.7 Å². The molecule has 3 heterocycles. The summed E-state index contributed by atoms with van der Waals surface area (Å²) in [6, 6.07) is 5.62. The molecule has 2 aromatic rings. The minimum atomic E-state index is -3.21. The highest BCUT2D eigenvalue weighted by Gasteiger charge is 2.27. The molecule has 8 heteroatoms. The van der Waals surface area contributed by atoms with Gasteiger partial charge in [-0.1, -0.05) is 26.0 Å². The third-order valence-corrected chi connectivity index (χ3v) is 6.82. The van der Waals surface area contributed by atoms with Crippen LogP contribution in [-0.2, 0) is 16.3 Å². The number of hydrogen-bond acceptors (Lipinski definition) is 7. The Kier molecular flexibility index (Phi) is 4.67. The fourth-order valence-corrected chi connectivity index (χ4v) is 5.21. The lowest BCUT2D eigenvalue weighted by atomic mass is 9.94. The maximum atomic E-state index is 12.5. The minimum absolute atomic E-state index is 0.128. The molecule has 2 aliphatic rings. The van der Waals surface area contributed by atoms with Gasteiger partial charge in [0, 0.05) is 0 Å². The van der Waals surface area contributed by atoms with E-state index in [4.69, 9.17) is 9.47 Å². The second-order valence-electron chi connectivity index (χ2n) is 7.21. The molecule has 0 saturated carbocycles. The van der Waals surface area contributed by atoms with Crippen molar-refractivity contribution in [3.05, 3.63) is 35.7 Å². The molecule has 0 saturated heterocycles. The Balaban J connectivity index is 1.71. The molecule has 1 atom stereocenters. The van der Waals surface area contributed by atoms with Crippen LogP contribution in [0.25, 0.3) is 0 Å². The van der Waals surface area contributed by atoms with Crippen molar-refractivity contribution in [2.75, 3.05) is 24.3 Å². The standard InChI is InChI=1S/C19H23N3O4S/c1-12(2)16(22-18-17-19(21-11-20-18)26-8-7-25-17)14-6-5-13-4-3-9-27(23,24)15(13)10-14/h5-6,10-12,16H,3-4,7-9H2,1-2H3,(H,20,21,22)/t16-/m0/s1. The maximum Gasteiger partial charge on any atom is 0.262 e. The Morgan fingerprint density at radius 1 is 1.15 bits per heavy atom. The summed E-state index contributed by atoms with van der Waals surface area (Å²) in [7, 11) is -3.21. The lowest BCUT2D eigenvalue weighted by Gasteiger charge is -2.27. The first-order chi connectivity index (χ1) is 13.0. The summed E-state index contributed by atoms with van der Waals surface area (Å²) < 4.78 is 36.2. The smallest absolute Gasteiger partial charge is 0.262 e. The molecule has 0 amide bonds. The van der Waals surface area contributed by atoms with E-state index in [2.05, 4.69) is 29.1 Å². The fourth-order valence-electron chi connectivity index (χ4n) is 3.58. The molecule has 4 rings (SSSR count). The molecule has 7 nitrogen and oxygen atoms in total. The normalized spacial score (nSPS) is 18.6. The van der Waals surface area contributed by atoms with Crippen molar-refractivity contribution in [2.45, 2.75) is 37.6 Å². The summed E-state index contributed by atoms with van der Waals surface area (Å²) in [5.74, 6) is 1.89. The van der Waals surface area contributed by atoms with Crippen molar-refractivity contribution in [1.29, 1.82) is 0 Å². The van der Waals surface area contributed by atoms with Gasteiger partial charge in [0.15, 0.2) is 15.7 Å². The molecule has 0 fully saturated rings. The highest BCUT2D eigenvalue weighted by molar-refractivity contribution is 7.91. The molecule has 0 unspecified atom stereocenters. The van der Waals surface area contributed by atoms with E-state index in [0.717, 1.165) is 17.5 Å². The molecule has 0 bridgehead atoms. The van der Waals surface area contributed by atoms with Gasteiger partial charge in [0.25, 0.3) is 5.88 Å². The van der Waals surface area contributed by atoms with Crippen molar-refractivity contribution >= 4 is 15.7 Å². The van der Waals surface area contributed by atoms with Gasteiger partial charge >= 0.3 is 0 Å². The van der Waals surface area contributed by atoms with E-state index < -0.39 is 9.84 Å². The Morgan fingerprint density at radius 2 is 1.96 bits per heavy atom. The predicted molar refractivity (Wildman–Crippen MR) is 101 cm³/mol. The van der Waals surface area contributed by atoms with Crippen molar-refractivity contribution in [3.63, 3.8) is 0 Å². The van der Waals surface area contributed by atoms with Crippen molar-refractivity contribution in [3.8, 4) is 11.6 Å². The number of nitrogens with one attached hydrogen (secondary N) is 1. The van der Waals surface area contributed by atoms with Gasteiger partial charge in [0.1, 0.15) is 19.5 Å². The Hall–Kier alpha value is -2.35.